The van der Waals surface area contributed by atoms with Gasteiger partial charge in [-0.05, 0) is 57.5 Å². The molecule has 28 heavy (non-hydrogen) atoms. The number of hydrogen-bond donors (Lipinski definition) is 1. The van der Waals surface area contributed by atoms with Crippen LogP contribution in [0.5, 0.6) is 0 Å². The zero-order chi connectivity index (χ0) is 20.1. The van der Waals surface area contributed by atoms with Crippen LogP contribution in [-0.4, -0.2) is 42.8 Å². The zero-order valence-electron chi connectivity index (χ0n) is 17.4. The number of hydrogen-bond acceptors (Lipinski definition) is 4. The molecule has 0 bridgehead atoms. The molecule has 3 rings (SSSR count). The fourth-order valence-electron chi connectivity index (χ4n) is 3.17. The van der Waals surface area contributed by atoms with Crippen LogP contribution >= 0.6 is 0 Å². The molecule has 1 amide bonds. The molecule has 0 atom stereocenters. The molecular formula is C23H31N3O2. The Bertz CT molecular complexity index is 771. The van der Waals surface area contributed by atoms with Crippen molar-refractivity contribution in [2.24, 2.45) is 0 Å². The molecule has 0 saturated carbocycles. The van der Waals surface area contributed by atoms with Crippen molar-refractivity contribution >= 4 is 17.5 Å². The van der Waals surface area contributed by atoms with Gasteiger partial charge in [-0.1, -0.05) is 29.8 Å². The molecule has 0 radical (unpaired) electrons. The van der Waals surface area contributed by atoms with Crippen LogP contribution in [-0.2, 0) is 11.3 Å². The summed E-state index contributed by atoms with van der Waals surface area (Å²) in [6.07, 6.45) is -0.220. The molecule has 150 valence electrons. The highest BCUT2D eigenvalue weighted by Crippen LogP contribution is 2.21. The van der Waals surface area contributed by atoms with Gasteiger partial charge in [-0.2, -0.15) is 0 Å². The molecule has 2 aromatic rings. The molecule has 0 unspecified atom stereocenters. The van der Waals surface area contributed by atoms with Crippen molar-refractivity contribution in [3.63, 3.8) is 0 Å². The summed E-state index contributed by atoms with van der Waals surface area (Å²) in [5.41, 5.74) is 4.39. The quantitative estimate of drug-likeness (QED) is 0.836. The maximum atomic E-state index is 12.2. The number of carbonyl (C=O) groups excluding carboxylic acids is 1. The predicted molar refractivity (Wildman–Crippen MR) is 115 cm³/mol. The Kier molecular flexibility index (Phi) is 6.12. The first-order valence-electron chi connectivity index (χ1n) is 9.92. The van der Waals surface area contributed by atoms with Crippen molar-refractivity contribution < 1.29 is 9.53 Å². The van der Waals surface area contributed by atoms with Gasteiger partial charge in [0.15, 0.2) is 0 Å². The number of carbonyl (C=O) groups is 1. The summed E-state index contributed by atoms with van der Waals surface area (Å²) in [5, 5.41) is 3.47. The van der Waals surface area contributed by atoms with Gasteiger partial charge in [0, 0.05) is 44.1 Å². The third kappa shape index (κ3) is 5.65. The van der Waals surface area contributed by atoms with E-state index in [-0.39, 0.29) is 6.09 Å². The minimum Gasteiger partial charge on any atom is -0.444 e. The lowest BCUT2D eigenvalue weighted by atomic mass is 10.1. The topological polar surface area (TPSA) is 44.8 Å². The third-order valence-corrected chi connectivity index (χ3v) is 4.78. The lowest BCUT2D eigenvalue weighted by molar-refractivity contribution is 0.0240. The van der Waals surface area contributed by atoms with Crippen molar-refractivity contribution in [1.29, 1.82) is 0 Å². The summed E-state index contributed by atoms with van der Waals surface area (Å²) < 4.78 is 5.46. The van der Waals surface area contributed by atoms with Crippen molar-refractivity contribution in [3.8, 4) is 0 Å². The van der Waals surface area contributed by atoms with E-state index >= 15 is 0 Å². The van der Waals surface area contributed by atoms with Crippen LogP contribution < -0.4 is 10.2 Å². The van der Waals surface area contributed by atoms with Gasteiger partial charge in [0.25, 0.3) is 0 Å². The summed E-state index contributed by atoms with van der Waals surface area (Å²) >= 11 is 0. The van der Waals surface area contributed by atoms with Gasteiger partial charge >= 0.3 is 6.09 Å². The Morgan fingerprint density at radius 2 is 1.57 bits per heavy atom. The van der Waals surface area contributed by atoms with Crippen LogP contribution in [0.3, 0.4) is 0 Å². The van der Waals surface area contributed by atoms with E-state index in [2.05, 4.69) is 65.7 Å². The van der Waals surface area contributed by atoms with Gasteiger partial charge in [-0.3, -0.25) is 0 Å². The molecule has 0 aromatic heterocycles. The molecule has 1 aliphatic heterocycles. The van der Waals surface area contributed by atoms with Crippen molar-refractivity contribution in [3.05, 3.63) is 59.7 Å². The van der Waals surface area contributed by atoms with E-state index < -0.39 is 5.60 Å². The highest BCUT2D eigenvalue weighted by Gasteiger charge is 2.25. The van der Waals surface area contributed by atoms with Crippen LogP contribution in [0.1, 0.15) is 31.9 Å². The number of benzene rings is 2. The zero-order valence-corrected chi connectivity index (χ0v) is 17.4. The first-order chi connectivity index (χ1) is 13.3. The van der Waals surface area contributed by atoms with Crippen molar-refractivity contribution in [1.82, 2.24) is 4.90 Å². The molecule has 5 nitrogen and oxygen atoms in total. The molecule has 0 aliphatic carbocycles. The summed E-state index contributed by atoms with van der Waals surface area (Å²) in [4.78, 5) is 16.3. The Morgan fingerprint density at radius 1 is 0.964 bits per heavy atom. The second-order valence-electron chi connectivity index (χ2n) is 8.34. The molecule has 0 spiro atoms. The minimum atomic E-state index is -0.449. The number of nitrogens with one attached hydrogen (secondary N) is 1. The van der Waals surface area contributed by atoms with Gasteiger partial charge in [-0.25, -0.2) is 4.79 Å². The van der Waals surface area contributed by atoms with E-state index in [9.17, 15) is 4.79 Å². The predicted octanol–water partition coefficient (Wildman–Crippen LogP) is 4.66. The van der Waals surface area contributed by atoms with E-state index in [1.807, 2.05) is 20.8 Å². The first kappa shape index (κ1) is 20.1. The van der Waals surface area contributed by atoms with E-state index in [1.165, 1.54) is 16.8 Å². The summed E-state index contributed by atoms with van der Waals surface area (Å²) in [6, 6.07) is 17.1. The van der Waals surface area contributed by atoms with Gasteiger partial charge in [0.05, 0.1) is 0 Å². The monoisotopic (exact) mass is 381 g/mol. The Hall–Kier alpha value is -2.69. The van der Waals surface area contributed by atoms with Gasteiger partial charge in [0.1, 0.15) is 5.60 Å². The SMILES string of the molecule is Cc1ccc(CNc2ccc(N3CCN(C(=O)OC(C)(C)C)CC3)cc2)cc1. The number of ether oxygens (including phenoxy) is 1. The van der Waals surface area contributed by atoms with Crippen molar-refractivity contribution in [2.45, 2.75) is 39.8 Å². The van der Waals surface area contributed by atoms with E-state index in [0.717, 1.165) is 25.3 Å². The molecule has 5 heteroatoms. The average molecular weight is 382 g/mol. The van der Waals surface area contributed by atoms with Gasteiger partial charge in [0.2, 0.25) is 0 Å². The van der Waals surface area contributed by atoms with Crippen LogP contribution in [0, 0.1) is 6.92 Å². The largest absolute Gasteiger partial charge is 0.444 e. The molecule has 1 N–H and O–H groups in total. The number of amides is 1. The lowest BCUT2D eigenvalue weighted by Crippen LogP contribution is -2.50. The van der Waals surface area contributed by atoms with Crippen LogP contribution in [0.25, 0.3) is 0 Å². The summed E-state index contributed by atoms with van der Waals surface area (Å²) in [6.45, 7) is 11.6. The molecule has 1 saturated heterocycles. The van der Waals surface area contributed by atoms with Gasteiger partial charge < -0.3 is 19.9 Å². The van der Waals surface area contributed by atoms with E-state index in [0.29, 0.717) is 13.1 Å². The van der Waals surface area contributed by atoms with Crippen LogP contribution in [0.4, 0.5) is 16.2 Å². The Balaban J connectivity index is 1.49. The van der Waals surface area contributed by atoms with Crippen LogP contribution in [0.2, 0.25) is 0 Å². The first-order valence-corrected chi connectivity index (χ1v) is 9.92. The maximum absolute atomic E-state index is 12.2. The number of anilines is 2. The number of piperazine rings is 1. The second kappa shape index (κ2) is 8.55. The number of aryl methyl sites for hydroxylation is 1. The standard InChI is InChI=1S/C23H31N3O2/c1-18-5-7-19(8-6-18)17-24-20-9-11-21(12-10-20)25-13-15-26(16-14-25)22(27)28-23(2,3)4/h5-12,24H,13-17H2,1-4H3. The normalized spacial score (nSPS) is 14.7. The smallest absolute Gasteiger partial charge is 0.410 e. The van der Waals surface area contributed by atoms with Gasteiger partial charge in [-0.15, -0.1) is 0 Å². The van der Waals surface area contributed by atoms with E-state index in [1.54, 1.807) is 4.90 Å². The fourth-order valence-corrected chi connectivity index (χ4v) is 3.17. The molecule has 1 aliphatic rings. The molecule has 1 fully saturated rings. The number of nitrogens with zero attached hydrogens (tertiary/aromatic N) is 2. The average Bonchev–Trinajstić information content (AvgIpc) is 2.67. The van der Waals surface area contributed by atoms with Crippen LogP contribution in [0.15, 0.2) is 48.5 Å². The maximum Gasteiger partial charge on any atom is 0.410 e. The minimum absolute atomic E-state index is 0.220. The molecular weight excluding hydrogens is 350 g/mol. The highest BCUT2D eigenvalue weighted by molar-refractivity contribution is 5.68. The Morgan fingerprint density at radius 3 is 2.14 bits per heavy atom. The summed E-state index contributed by atoms with van der Waals surface area (Å²) in [7, 11) is 0. The lowest BCUT2D eigenvalue weighted by Gasteiger charge is -2.36. The van der Waals surface area contributed by atoms with Crippen molar-refractivity contribution in [2.75, 3.05) is 36.4 Å². The summed E-state index contributed by atoms with van der Waals surface area (Å²) in [5.74, 6) is 0. The Labute approximate surface area is 168 Å². The molecule has 2 aromatic carbocycles. The second-order valence-corrected chi connectivity index (χ2v) is 8.34. The fraction of sp³-hybridized carbons (Fsp3) is 0.435. The number of rotatable bonds is 4. The molecule has 1 heterocycles. The highest BCUT2D eigenvalue weighted by atomic mass is 16.6. The third-order valence-electron chi connectivity index (χ3n) is 4.78. The van der Waals surface area contributed by atoms with E-state index in [4.69, 9.17) is 4.74 Å².